The summed E-state index contributed by atoms with van der Waals surface area (Å²) >= 11 is 0. The van der Waals surface area contributed by atoms with Crippen molar-refractivity contribution in [2.45, 2.75) is 19.6 Å². The van der Waals surface area contributed by atoms with Gasteiger partial charge in [0.05, 0.1) is 36.3 Å². The van der Waals surface area contributed by atoms with Gasteiger partial charge in [0, 0.05) is 32.8 Å². The smallest absolute Gasteiger partial charge is 0.227 e. The number of para-hydroxylation sites is 1. The third-order valence-corrected chi connectivity index (χ3v) is 5.20. The lowest BCUT2D eigenvalue weighted by Gasteiger charge is -2.25. The molecule has 3 aromatic rings. The lowest BCUT2D eigenvalue weighted by Crippen LogP contribution is -2.36. The van der Waals surface area contributed by atoms with E-state index in [1.165, 1.54) is 6.07 Å². The SMILES string of the molecule is C#CCOCC(O)CN(CCOC)Cc1c(C)nn(-c2ccccc2)c1Oc1ccc(F)cc1F. The number of rotatable bonds is 13. The molecule has 0 spiro atoms. The molecule has 0 amide bonds. The van der Waals surface area contributed by atoms with Crippen molar-refractivity contribution < 1.29 is 28.1 Å². The van der Waals surface area contributed by atoms with E-state index < -0.39 is 17.7 Å². The van der Waals surface area contributed by atoms with Crippen molar-refractivity contribution in [3.63, 3.8) is 0 Å². The molecule has 1 N–H and O–H groups in total. The molecule has 1 aromatic heterocycles. The van der Waals surface area contributed by atoms with Crippen LogP contribution in [0.15, 0.2) is 48.5 Å². The first-order valence-electron chi connectivity index (χ1n) is 11.1. The number of aliphatic hydroxyl groups is 1. The minimum Gasteiger partial charge on any atom is -0.435 e. The third-order valence-electron chi connectivity index (χ3n) is 5.20. The van der Waals surface area contributed by atoms with Gasteiger partial charge >= 0.3 is 0 Å². The second-order valence-electron chi connectivity index (χ2n) is 7.89. The Labute approximate surface area is 203 Å². The van der Waals surface area contributed by atoms with E-state index in [-0.39, 0.29) is 25.5 Å². The average molecular weight is 486 g/mol. The van der Waals surface area contributed by atoms with Gasteiger partial charge in [-0.2, -0.15) is 5.10 Å². The van der Waals surface area contributed by atoms with Crippen LogP contribution < -0.4 is 4.74 Å². The van der Waals surface area contributed by atoms with Gasteiger partial charge in [-0.3, -0.25) is 4.90 Å². The van der Waals surface area contributed by atoms with E-state index in [4.69, 9.17) is 20.6 Å². The number of halogens is 2. The molecule has 0 aliphatic carbocycles. The Morgan fingerprint density at radius 3 is 2.66 bits per heavy atom. The molecule has 1 unspecified atom stereocenters. The first-order chi connectivity index (χ1) is 16.9. The number of aliphatic hydroxyl groups excluding tert-OH is 1. The molecule has 0 radical (unpaired) electrons. The van der Waals surface area contributed by atoms with E-state index in [0.717, 1.165) is 12.1 Å². The molecule has 1 atom stereocenters. The van der Waals surface area contributed by atoms with Crippen LogP contribution in [0.4, 0.5) is 8.78 Å². The number of hydrogen-bond donors (Lipinski definition) is 1. The van der Waals surface area contributed by atoms with Gasteiger partial charge in [0.1, 0.15) is 12.4 Å². The molecule has 0 saturated carbocycles. The van der Waals surface area contributed by atoms with Crippen LogP contribution in [0.3, 0.4) is 0 Å². The summed E-state index contributed by atoms with van der Waals surface area (Å²) in [6.07, 6.45) is 4.41. The van der Waals surface area contributed by atoms with Gasteiger partial charge in [0.2, 0.25) is 5.88 Å². The summed E-state index contributed by atoms with van der Waals surface area (Å²) in [5, 5.41) is 15.1. The molecule has 2 aromatic carbocycles. The van der Waals surface area contributed by atoms with Crippen LogP contribution in [0, 0.1) is 30.9 Å². The van der Waals surface area contributed by atoms with Gasteiger partial charge in [-0.25, -0.2) is 13.5 Å². The van der Waals surface area contributed by atoms with Gasteiger partial charge in [-0.05, 0) is 31.2 Å². The zero-order valence-corrected chi connectivity index (χ0v) is 19.8. The highest BCUT2D eigenvalue weighted by molar-refractivity contribution is 5.43. The Bertz CT molecular complexity index is 1130. The van der Waals surface area contributed by atoms with Gasteiger partial charge in [-0.1, -0.05) is 24.1 Å². The number of benzene rings is 2. The Kier molecular flexibility index (Phi) is 9.76. The lowest BCUT2D eigenvalue weighted by molar-refractivity contribution is 0.0205. The maximum Gasteiger partial charge on any atom is 0.227 e. The number of aromatic nitrogens is 2. The molecule has 1 heterocycles. The minimum absolute atomic E-state index is 0.0834. The van der Waals surface area contributed by atoms with Crippen molar-refractivity contribution in [2.75, 3.05) is 40.0 Å². The van der Waals surface area contributed by atoms with Crippen LogP contribution in [0.5, 0.6) is 11.6 Å². The summed E-state index contributed by atoms with van der Waals surface area (Å²) in [6, 6.07) is 12.4. The molecule has 9 heteroatoms. The number of terminal acetylenes is 1. The standard InChI is InChI=1S/C26H29F2N3O4/c1-4-13-34-18-22(32)16-30(12-14-33-3)17-23-19(2)29-31(21-8-6-5-7-9-21)26(23)35-25-11-10-20(27)15-24(25)28/h1,5-11,15,22,32H,12-14,16-18H2,2-3H3. The van der Waals surface area contributed by atoms with Crippen molar-refractivity contribution in [3.05, 3.63) is 71.4 Å². The van der Waals surface area contributed by atoms with Crippen molar-refractivity contribution >= 4 is 0 Å². The molecule has 0 bridgehead atoms. The van der Waals surface area contributed by atoms with Crippen LogP contribution in [0.25, 0.3) is 5.69 Å². The largest absolute Gasteiger partial charge is 0.435 e. The van der Waals surface area contributed by atoms with Crippen molar-refractivity contribution in [1.82, 2.24) is 14.7 Å². The number of ether oxygens (including phenoxy) is 3. The summed E-state index contributed by atoms with van der Waals surface area (Å²) in [7, 11) is 1.59. The molecule has 0 aliphatic heterocycles. The Hall–Kier alpha value is -3.29. The summed E-state index contributed by atoms with van der Waals surface area (Å²) in [4.78, 5) is 1.96. The highest BCUT2D eigenvalue weighted by atomic mass is 19.1. The summed E-state index contributed by atoms with van der Waals surface area (Å²) < 4.78 is 46.0. The van der Waals surface area contributed by atoms with E-state index in [1.807, 2.05) is 42.2 Å². The van der Waals surface area contributed by atoms with E-state index in [9.17, 15) is 13.9 Å². The van der Waals surface area contributed by atoms with E-state index in [1.54, 1.807) is 11.8 Å². The molecule has 35 heavy (non-hydrogen) atoms. The van der Waals surface area contributed by atoms with Crippen LogP contribution >= 0.6 is 0 Å². The summed E-state index contributed by atoms with van der Waals surface area (Å²) in [5.74, 6) is 1.00. The molecule has 7 nitrogen and oxygen atoms in total. The Balaban J connectivity index is 1.95. The second-order valence-corrected chi connectivity index (χ2v) is 7.89. The second kappa shape index (κ2) is 13.0. The monoisotopic (exact) mass is 485 g/mol. The van der Waals surface area contributed by atoms with Gasteiger partial charge in [-0.15, -0.1) is 6.42 Å². The summed E-state index contributed by atoms with van der Waals surface area (Å²) in [5.41, 5.74) is 2.06. The fraction of sp³-hybridized carbons (Fsp3) is 0.346. The molecule has 0 fully saturated rings. The zero-order valence-electron chi connectivity index (χ0n) is 19.8. The average Bonchev–Trinajstić information content (AvgIpc) is 3.14. The fourth-order valence-electron chi connectivity index (χ4n) is 3.52. The fourth-order valence-corrected chi connectivity index (χ4v) is 3.52. The van der Waals surface area contributed by atoms with Crippen LogP contribution in [-0.4, -0.2) is 65.9 Å². The predicted octanol–water partition coefficient (Wildman–Crippen LogP) is 3.71. The molecule has 0 saturated heterocycles. The topological polar surface area (TPSA) is 69.0 Å². The normalized spacial score (nSPS) is 12.0. The molecular formula is C26H29F2N3O4. The van der Waals surface area contributed by atoms with Gasteiger partial charge in [0.15, 0.2) is 11.6 Å². The van der Waals surface area contributed by atoms with Crippen molar-refractivity contribution in [2.24, 2.45) is 0 Å². The van der Waals surface area contributed by atoms with E-state index in [2.05, 4.69) is 11.0 Å². The lowest BCUT2D eigenvalue weighted by atomic mass is 10.2. The first kappa shape index (κ1) is 26.3. The quantitative estimate of drug-likeness (QED) is 0.294. The summed E-state index contributed by atoms with van der Waals surface area (Å²) in [6.45, 7) is 3.54. The van der Waals surface area contributed by atoms with Gasteiger partial charge < -0.3 is 19.3 Å². The van der Waals surface area contributed by atoms with Crippen molar-refractivity contribution in [3.8, 4) is 29.7 Å². The minimum atomic E-state index is -0.827. The number of hydrogen-bond acceptors (Lipinski definition) is 6. The zero-order chi connectivity index (χ0) is 25.2. The highest BCUT2D eigenvalue weighted by Gasteiger charge is 2.23. The van der Waals surface area contributed by atoms with Crippen LogP contribution in [-0.2, 0) is 16.0 Å². The van der Waals surface area contributed by atoms with E-state index in [0.29, 0.717) is 42.5 Å². The number of nitrogens with zero attached hydrogens (tertiary/aromatic N) is 3. The molecule has 0 aliphatic rings. The molecular weight excluding hydrogens is 456 g/mol. The third kappa shape index (κ3) is 7.34. The Morgan fingerprint density at radius 2 is 1.97 bits per heavy atom. The first-order valence-corrected chi connectivity index (χ1v) is 11.1. The van der Waals surface area contributed by atoms with Gasteiger partial charge in [0.25, 0.3) is 0 Å². The highest BCUT2D eigenvalue weighted by Crippen LogP contribution is 2.33. The van der Waals surface area contributed by atoms with Crippen molar-refractivity contribution in [1.29, 1.82) is 0 Å². The molecule has 3 rings (SSSR count). The maximum atomic E-state index is 14.5. The van der Waals surface area contributed by atoms with Crippen LogP contribution in [0.2, 0.25) is 0 Å². The molecule has 186 valence electrons. The Morgan fingerprint density at radius 1 is 1.20 bits per heavy atom. The maximum absolute atomic E-state index is 14.5. The number of aryl methyl sites for hydroxylation is 1. The number of methoxy groups -OCH3 is 1. The van der Waals surface area contributed by atoms with Crippen LogP contribution in [0.1, 0.15) is 11.3 Å². The van der Waals surface area contributed by atoms with E-state index >= 15 is 0 Å². The predicted molar refractivity (Wildman–Crippen MR) is 128 cm³/mol.